The molecule has 4 rings (SSSR count). The molecule has 0 fully saturated rings. The molecule has 0 N–H and O–H groups in total. The standard InChI is InChI=1S/C28H26ClN3OS/c1-28(2,3)21-8-10-23-24(15-31)27(34-26(23)13-21)32-16-20-12-22(29)9-11-25(20)33-17-19-6-4-18(14-30)5-7-19/h4-7,9,11-12,16,21H,8,10,13,17H2,1-3H3/t21-/m1/s1. The minimum Gasteiger partial charge on any atom is -0.488 e. The number of ether oxygens (including phenoxy) is 1. The summed E-state index contributed by atoms with van der Waals surface area (Å²) in [7, 11) is 0. The second-order valence-electron chi connectivity index (χ2n) is 9.64. The van der Waals surface area contributed by atoms with Crippen molar-refractivity contribution in [2.75, 3.05) is 0 Å². The number of aliphatic imine (C=N–C) groups is 1. The van der Waals surface area contributed by atoms with Gasteiger partial charge < -0.3 is 4.74 Å². The van der Waals surface area contributed by atoms with Crippen molar-refractivity contribution in [1.29, 1.82) is 10.5 Å². The van der Waals surface area contributed by atoms with Gasteiger partial charge in [0.2, 0.25) is 0 Å². The highest BCUT2D eigenvalue weighted by Crippen LogP contribution is 2.45. The van der Waals surface area contributed by atoms with Gasteiger partial charge in [-0.25, -0.2) is 4.99 Å². The van der Waals surface area contributed by atoms with E-state index in [1.165, 1.54) is 10.4 Å². The van der Waals surface area contributed by atoms with Crippen molar-refractivity contribution in [2.45, 2.75) is 46.6 Å². The first-order valence-corrected chi connectivity index (χ1v) is 12.5. The predicted octanol–water partition coefficient (Wildman–Crippen LogP) is 7.63. The van der Waals surface area contributed by atoms with Crippen LogP contribution in [-0.2, 0) is 19.4 Å². The molecule has 0 saturated carbocycles. The monoisotopic (exact) mass is 487 g/mol. The van der Waals surface area contributed by atoms with Gasteiger partial charge in [0.05, 0.1) is 17.2 Å². The van der Waals surface area contributed by atoms with Gasteiger partial charge >= 0.3 is 0 Å². The van der Waals surface area contributed by atoms with Crippen molar-refractivity contribution in [3.05, 3.63) is 80.2 Å². The van der Waals surface area contributed by atoms with Crippen molar-refractivity contribution < 1.29 is 4.74 Å². The van der Waals surface area contributed by atoms with Gasteiger partial charge in [-0.2, -0.15) is 10.5 Å². The highest BCUT2D eigenvalue weighted by atomic mass is 35.5. The summed E-state index contributed by atoms with van der Waals surface area (Å²) < 4.78 is 6.04. The molecule has 0 saturated heterocycles. The Kier molecular flexibility index (Phi) is 7.08. The molecule has 172 valence electrons. The zero-order chi connectivity index (χ0) is 24.3. The zero-order valence-electron chi connectivity index (χ0n) is 19.6. The number of hydrogen-bond acceptors (Lipinski definition) is 5. The van der Waals surface area contributed by atoms with Crippen LogP contribution in [0.2, 0.25) is 5.02 Å². The Bertz CT molecular complexity index is 1300. The first kappa shape index (κ1) is 24.0. The fourth-order valence-corrected chi connectivity index (χ4v) is 5.64. The van der Waals surface area contributed by atoms with Crippen LogP contribution in [0.1, 0.15) is 59.9 Å². The summed E-state index contributed by atoms with van der Waals surface area (Å²) in [5, 5.41) is 20.2. The smallest absolute Gasteiger partial charge is 0.134 e. The second kappa shape index (κ2) is 10.0. The lowest BCUT2D eigenvalue weighted by atomic mass is 9.72. The van der Waals surface area contributed by atoms with Crippen LogP contribution in [0.25, 0.3) is 0 Å². The van der Waals surface area contributed by atoms with Crippen molar-refractivity contribution in [2.24, 2.45) is 16.3 Å². The first-order valence-electron chi connectivity index (χ1n) is 11.3. The molecule has 6 heteroatoms. The van der Waals surface area contributed by atoms with E-state index in [1.807, 2.05) is 24.3 Å². The molecule has 1 aliphatic rings. The van der Waals surface area contributed by atoms with Crippen molar-refractivity contribution in [3.8, 4) is 17.9 Å². The molecule has 4 nitrogen and oxygen atoms in total. The molecule has 0 amide bonds. The van der Waals surface area contributed by atoms with Gasteiger partial charge in [-0.05, 0) is 72.1 Å². The molecular formula is C28H26ClN3OS. The van der Waals surface area contributed by atoms with Crippen LogP contribution in [-0.4, -0.2) is 6.21 Å². The average molecular weight is 488 g/mol. The summed E-state index contributed by atoms with van der Waals surface area (Å²) >= 11 is 7.88. The van der Waals surface area contributed by atoms with E-state index in [2.05, 4.69) is 32.9 Å². The minimum absolute atomic E-state index is 0.250. The molecular weight excluding hydrogens is 462 g/mol. The molecule has 1 atom stereocenters. The fraction of sp³-hybridized carbons (Fsp3) is 0.321. The molecule has 2 aromatic carbocycles. The Morgan fingerprint density at radius 2 is 1.91 bits per heavy atom. The summed E-state index contributed by atoms with van der Waals surface area (Å²) in [5.74, 6) is 1.27. The zero-order valence-corrected chi connectivity index (χ0v) is 21.1. The van der Waals surface area contributed by atoms with Crippen LogP contribution in [0.4, 0.5) is 5.00 Å². The third-order valence-electron chi connectivity index (χ3n) is 6.35. The maximum Gasteiger partial charge on any atom is 0.134 e. The molecule has 0 aliphatic heterocycles. The van der Waals surface area contributed by atoms with Crippen molar-refractivity contribution >= 4 is 34.2 Å². The highest BCUT2D eigenvalue weighted by Gasteiger charge is 2.32. The quantitative estimate of drug-likeness (QED) is 0.347. The molecule has 0 spiro atoms. The van der Waals surface area contributed by atoms with Crippen LogP contribution in [0.3, 0.4) is 0 Å². The molecule has 1 aliphatic carbocycles. The summed E-state index contributed by atoms with van der Waals surface area (Å²) in [4.78, 5) is 6.01. The second-order valence-corrected chi connectivity index (χ2v) is 11.2. The van der Waals surface area contributed by atoms with E-state index in [0.29, 0.717) is 34.4 Å². The predicted molar refractivity (Wildman–Crippen MR) is 138 cm³/mol. The maximum atomic E-state index is 9.85. The summed E-state index contributed by atoms with van der Waals surface area (Å²) in [6, 6.07) is 17.2. The lowest BCUT2D eigenvalue weighted by Crippen LogP contribution is -2.26. The van der Waals surface area contributed by atoms with E-state index < -0.39 is 0 Å². The fourth-order valence-electron chi connectivity index (χ4n) is 4.23. The van der Waals surface area contributed by atoms with E-state index in [-0.39, 0.29) is 5.41 Å². The van der Waals surface area contributed by atoms with Crippen LogP contribution < -0.4 is 4.74 Å². The van der Waals surface area contributed by atoms with Gasteiger partial charge in [0.15, 0.2) is 0 Å². The summed E-state index contributed by atoms with van der Waals surface area (Å²) in [6.45, 7) is 7.23. The topological polar surface area (TPSA) is 69.2 Å². The molecule has 0 unspecified atom stereocenters. The van der Waals surface area contributed by atoms with Gasteiger partial charge in [0, 0.05) is 21.7 Å². The number of benzene rings is 2. The van der Waals surface area contributed by atoms with Gasteiger partial charge in [-0.1, -0.05) is 44.5 Å². The molecule has 34 heavy (non-hydrogen) atoms. The van der Waals surface area contributed by atoms with Crippen molar-refractivity contribution in [1.82, 2.24) is 0 Å². The van der Waals surface area contributed by atoms with Gasteiger partial charge in [0.1, 0.15) is 23.4 Å². The van der Waals surface area contributed by atoms with Gasteiger partial charge in [0.25, 0.3) is 0 Å². The van der Waals surface area contributed by atoms with Crippen LogP contribution in [0.15, 0.2) is 47.5 Å². The Balaban J connectivity index is 1.57. The average Bonchev–Trinajstić information content (AvgIpc) is 3.18. The number of nitriles is 2. The largest absolute Gasteiger partial charge is 0.488 e. The third kappa shape index (κ3) is 5.33. The highest BCUT2D eigenvalue weighted by molar-refractivity contribution is 7.16. The molecule has 0 radical (unpaired) electrons. The van der Waals surface area contributed by atoms with E-state index in [1.54, 1.807) is 35.8 Å². The lowest BCUT2D eigenvalue weighted by molar-refractivity contribution is 0.218. The number of fused-ring (bicyclic) bond motifs is 1. The van der Waals surface area contributed by atoms with E-state index in [4.69, 9.17) is 26.6 Å². The van der Waals surface area contributed by atoms with Gasteiger partial charge in [-0.3, -0.25) is 0 Å². The number of hydrogen-bond donors (Lipinski definition) is 0. The van der Waals surface area contributed by atoms with Crippen molar-refractivity contribution in [3.63, 3.8) is 0 Å². The van der Waals surface area contributed by atoms with E-state index in [0.717, 1.165) is 35.4 Å². The van der Waals surface area contributed by atoms with Crippen LogP contribution in [0.5, 0.6) is 5.75 Å². The number of rotatable bonds is 5. The number of halogens is 1. The summed E-state index contributed by atoms with van der Waals surface area (Å²) in [6.07, 6.45) is 4.78. The van der Waals surface area contributed by atoms with Crippen LogP contribution >= 0.6 is 22.9 Å². The Labute approximate surface area is 210 Å². The van der Waals surface area contributed by atoms with Gasteiger partial charge in [-0.15, -0.1) is 11.3 Å². The Morgan fingerprint density at radius 1 is 1.15 bits per heavy atom. The van der Waals surface area contributed by atoms with E-state index >= 15 is 0 Å². The molecule has 3 aromatic rings. The minimum atomic E-state index is 0.250. The Hall–Kier alpha value is -3.12. The Morgan fingerprint density at radius 3 is 2.59 bits per heavy atom. The van der Waals surface area contributed by atoms with Crippen LogP contribution in [0, 0.1) is 34.0 Å². The van der Waals surface area contributed by atoms with E-state index in [9.17, 15) is 5.26 Å². The first-order chi connectivity index (χ1) is 16.3. The number of nitrogens with zero attached hydrogens (tertiary/aromatic N) is 3. The molecule has 1 aromatic heterocycles. The normalized spacial score (nSPS) is 15.5. The molecule has 1 heterocycles. The third-order valence-corrected chi connectivity index (χ3v) is 7.75. The lowest BCUT2D eigenvalue weighted by Gasteiger charge is -2.33. The maximum absolute atomic E-state index is 9.85. The molecule has 0 bridgehead atoms. The summed E-state index contributed by atoms with van der Waals surface area (Å²) in [5.41, 5.74) is 4.45. The SMILES string of the molecule is CC(C)(C)[C@@H]1CCc2c(sc(N=Cc3cc(Cl)ccc3OCc3ccc(C#N)cc3)c2C#N)C1. The number of thiophene rings is 1.